The monoisotopic (exact) mass is 399 g/mol. The molecule has 0 aliphatic carbocycles. The molecule has 156 valence electrons. The third-order valence-corrected chi connectivity index (χ3v) is 5.53. The van der Waals surface area contributed by atoms with E-state index in [9.17, 15) is 4.79 Å². The molecule has 9 heteroatoms. The van der Waals surface area contributed by atoms with Crippen LogP contribution in [-0.4, -0.2) is 89.5 Å². The van der Waals surface area contributed by atoms with Crippen molar-refractivity contribution in [2.45, 2.75) is 19.0 Å². The molecule has 2 fully saturated rings. The first-order valence-corrected chi connectivity index (χ1v) is 10.2. The average Bonchev–Trinajstić information content (AvgIpc) is 3.29. The molecule has 2 aliphatic heterocycles. The molecule has 0 saturated carbocycles. The Morgan fingerprint density at radius 1 is 1.24 bits per heavy atom. The zero-order valence-corrected chi connectivity index (χ0v) is 16.8. The largest absolute Gasteiger partial charge is 0.377 e. The number of nitrogens with zero attached hydrogens (tertiary/aromatic N) is 5. The van der Waals surface area contributed by atoms with Crippen LogP contribution in [0.15, 0.2) is 36.7 Å². The van der Waals surface area contributed by atoms with Gasteiger partial charge in [0.2, 0.25) is 0 Å². The van der Waals surface area contributed by atoms with Crippen molar-refractivity contribution >= 4 is 11.7 Å². The van der Waals surface area contributed by atoms with Gasteiger partial charge in [-0.15, -0.1) is 0 Å². The Morgan fingerprint density at radius 3 is 2.76 bits per heavy atom. The van der Waals surface area contributed by atoms with Gasteiger partial charge >= 0.3 is 6.03 Å². The van der Waals surface area contributed by atoms with Crippen LogP contribution in [0.4, 0.5) is 10.5 Å². The fraction of sp³-hybridized carbons (Fsp3) is 0.550. The quantitative estimate of drug-likeness (QED) is 0.783. The molecule has 2 N–H and O–H groups in total. The van der Waals surface area contributed by atoms with Crippen molar-refractivity contribution in [3.8, 4) is 0 Å². The van der Waals surface area contributed by atoms with Crippen LogP contribution in [0.5, 0.6) is 0 Å². The lowest BCUT2D eigenvalue weighted by atomic mass is 10.2. The molecule has 2 amide bonds. The molecule has 0 radical (unpaired) electrons. The van der Waals surface area contributed by atoms with E-state index in [-0.39, 0.29) is 18.1 Å². The molecule has 2 saturated heterocycles. The second-order valence-electron chi connectivity index (χ2n) is 7.63. The molecule has 2 atom stereocenters. The van der Waals surface area contributed by atoms with Gasteiger partial charge in [-0.25, -0.2) is 9.78 Å². The number of urea groups is 1. The van der Waals surface area contributed by atoms with E-state index in [0.29, 0.717) is 25.6 Å². The SMILES string of the molecule is CC(CN1CCN(c2ccccc2)CC1)NC(=O)N1CCOCC1c1ncn[nH]1. The summed E-state index contributed by atoms with van der Waals surface area (Å²) in [6, 6.07) is 10.3. The van der Waals surface area contributed by atoms with E-state index >= 15 is 0 Å². The third-order valence-electron chi connectivity index (χ3n) is 5.53. The number of carbonyl (C=O) groups excluding carboxylic acids is 1. The number of H-pyrrole nitrogens is 1. The van der Waals surface area contributed by atoms with Gasteiger partial charge in [0, 0.05) is 51.0 Å². The van der Waals surface area contributed by atoms with Crippen molar-refractivity contribution in [1.82, 2.24) is 30.3 Å². The van der Waals surface area contributed by atoms with Crippen LogP contribution in [0, 0.1) is 0 Å². The summed E-state index contributed by atoms with van der Waals surface area (Å²) >= 11 is 0. The van der Waals surface area contributed by atoms with Crippen LogP contribution < -0.4 is 10.2 Å². The van der Waals surface area contributed by atoms with Crippen molar-refractivity contribution in [2.24, 2.45) is 0 Å². The van der Waals surface area contributed by atoms with Gasteiger partial charge in [0.05, 0.1) is 13.2 Å². The van der Waals surface area contributed by atoms with Crippen LogP contribution >= 0.6 is 0 Å². The predicted octanol–water partition coefficient (Wildman–Crippen LogP) is 1.10. The third kappa shape index (κ3) is 4.86. The Bertz CT molecular complexity index is 762. The predicted molar refractivity (Wildman–Crippen MR) is 110 cm³/mol. The molecule has 0 spiro atoms. The summed E-state index contributed by atoms with van der Waals surface area (Å²) in [5.74, 6) is 0.657. The van der Waals surface area contributed by atoms with Crippen molar-refractivity contribution in [2.75, 3.05) is 57.4 Å². The lowest BCUT2D eigenvalue weighted by molar-refractivity contribution is 0.00799. The number of piperazine rings is 1. The number of ether oxygens (including phenoxy) is 1. The number of benzene rings is 1. The fourth-order valence-electron chi connectivity index (χ4n) is 4.00. The first kappa shape index (κ1) is 19.7. The lowest BCUT2D eigenvalue weighted by Crippen LogP contribution is -2.54. The number of aromatic amines is 1. The number of morpholine rings is 1. The molecule has 1 aromatic carbocycles. The highest BCUT2D eigenvalue weighted by Crippen LogP contribution is 2.21. The number of hydrogen-bond acceptors (Lipinski definition) is 6. The number of hydrogen-bond donors (Lipinski definition) is 2. The van der Waals surface area contributed by atoms with Gasteiger partial charge in [-0.1, -0.05) is 18.2 Å². The zero-order chi connectivity index (χ0) is 20.1. The van der Waals surface area contributed by atoms with Crippen molar-refractivity contribution in [3.05, 3.63) is 42.5 Å². The maximum atomic E-state index is 12.9. The van der Waals surface area contributed by atoms with Gasteiger partial charge in [0.25, 0.3) is 0 Å². The first-order chi connectivity index (χ1) is 14.2. The van der Waals surface area contributed by atoms with E-state index in [0.717, 1.165) is 32.7 Å². The summed E-state index contributed by atoms with van der Waals surface area (Å²) in [5, 5.41) is 9.90. The van der Waals surface area contributed by atoms with E-state index in [2.05, 4.69) is 61.5 Å². The van der Waals surface area contributed by atoms with Gasteiger partial charge in [-0.3, -0.25) is 10.00 Å². The smallest absolute Gasteiger partial charge is 0.318 e. The summed E-state index contributed by atoms with van der Waals surface area (Å²) in [6.45, 7) is 8.40. The van der Waals surface area contributed by atoms with Gasteiger partial charge in [-0.2, -0.15) is 5.10 Å². The Hall–Kier alpha value is -2.65. The molecule has 4 rings (SSSR count). The standard InChI is InChI=1S/C20H29N7O2/c1-16(13-25-7-9-26(10-8-25)17-5-3-2-4-6-17)23-20(28)27-11-12-29-14-18(27)19-21-15-22-24-19/h2-6,15-16,18H,7-14H2,1H3,(H,23,28)(H,21,22,24). The Labute approximate surface area is 171 Å². The maximum Gasteiger partial charge on any atom is 0.318 e. The molecule has 2 aromatic rings. The molecule has 1 aromatic heterocycles. The first-order valence-electron chi connectivity index (χ1n) is 10.2. The summed E-state index contributed by atoms with van der Waals surface area (Å²) in [5.41, 5.74) is 1.28. The number of carbonyl (C=O) groups is 1. The highest BCUT2D eigenvalue weighted by molar-refractivity contribution is 5.75. The van der Waals surface area contributed by atoms with E-state index in [1.807, 2.05) is 6.07 Å². The normalized spacial score (nSPS) is 21.8. The van der Waals surface area contributed by atoms with Crippen LogP contribution in [0.25, 0.3) is 0 Å². The number of nitrogens with one attached hydrogen (secondary N) is 2. The van der Waals surface area contributed by atoms with Gasteiger partial charge < -0.3 is 19.9 Å². The number of para-hydroxylation sites is 1. The van der Waals surface area contributed by atoms with Crippen molar-refractivity contribution in [1.29, 1.82) is 0 Å². The minimum Gasteiger partial charge on any atom is -0.377 e. The topological polar surface area (TPSA) is 89.6 Å². The van der Waals surface area contributed by atoms with Crippen molar-refractivity contribution in [3.63, 3.8) is 0 Å². The Balaban J connectivity index is 1.26. The van der Waals surface area contributed by atoms with Crippen LogP contribution in [0.1, 0.15) is 18.8 Å². The minimum absolute atomic E-state index is 0.0593. The highest BCUT2D eigenvalue weighted by Gasteiger charge is 2.31. The second-order valence-corrected chi connectivity index (χ2v) is 7.63. The summed E-state index contributed by atoms with van der Waals surface area (Å²) in [4.78, 5) is 23.7. The molecule has 0 bridgehead atoms. The number of aromatic nitrogens is 3. The molecule has 2 aliphatic rings. The summed E-state index contributed by atoms with van der Waals surface area (Å²) < 4.78 is 5.54. The van der Waals surface area contributed by atoms with Gasteiger partial charge in [-0.05, 0) is 19.1 Å². The number of rotatable bonds is 5. The highest BCUT2D eigenvalue weighted by atomic mass is 16.5. The molecule has 2 unspecified atom stereocenters. The lowest BCUT2D eigenvalue weighted by Gasteiger charge is -2.38. The minimum atomic E-state index is -0.229. The number of amides is 2. The van der Waals surface area contributed by atoms with Crippen molar-refractivity contribution < 1.29 is 9.53 Å². The van der Waals surface area contributed by atoms with E-state index < -0.39 is 0 Å². The van der Waals surface area contributed by atoms with Crippen LogP contribution in [-0.2, 0) is 4.74 Å². The number of anilines is 1. The molecule has 3 heterocycles. The molecular formula is C20H29N7O2. The van der Waals surface area contributed by atoms with E-state index in [4.69, 9.17) is 4.74 Å². The maximum absolute atomic E-state index is 12.9. The molecule has 9 nitrogen and oxygen atoms in total. The average molecular weight is 399 g/mol. The van der Waals surface area contributed by atoms with Crippen LogP contribution in [0.3, 0.4) is 0 Å². The zero-order valence-electron chi connectivity index (χ0n) is 16.8. The summed E-state index contributed by atoms with van der Waals surface area (Å²) in [7, 11) is 0. The van der Waals surface area contributed by atoms with Crippen LogP contribution in [0.2, 0.25) is 0 Å². The molecular weight excluding hydrogens is 370 g/mol. The Kier molecular flexibility index (Phi) is 6.26. The van der Waals surface area contributed by atoms with E-state index in [1.165, 1.54) is 12.0 Å². The van der Waals surface area contributed by atoms with Gasteiger partial charge in [0.1, 0.15) is 18.2 Å². The second kappa shape index (κ2) is 9.23. The fourth-order valence-corrected chi connectivity index (χ4v) is 4.00. The van der Waals surface area contributed by atoms with E-state index in [1.54, 1.807) is 4.90 Å². The Morgan fingerprint density at radius 2 is 2.03 bits per heavy atom. The molecule has 29 heavy (non-hydrogen) atoms. The van der Waals surface area contributed by atoms with Gasteiger partial charge in [0.15, 0.2) is 0 Å². The summed E-state index contributed by atoms with van der Waals surface area (Å²) in [6.07, 6.45) is 1.46.